The lowest BCUT2D eigenvalue weighted by Crippen LogP contribution is -2.30. The van der Waals surface area contributed by atoms with Gasteiger partial charge in [-0.2, -0.15) is 4.57 Å². The Morgan fingerprint density at radius 3 is 2.00 bits per heavy atom. The second kappa shape index (κ2) is 5.42. The minimum atomic E-state index is 1.25. The van der Waals surface area contributed by atoms with Crippen LogP contribution in [-0.4, -0.2) is 0 Å². The molecule has 1 heterocycles. The Balaban J connectivity index is 2.07. The van der Waals surface area contributed by atoms with Gasteiger partial charge in [0.25, 0.3) is 0 Å². The molecule has 0 spiro atoms. The highest BCUT2D eigenvalue weighted by molar-refractivity contribution is 6.10. The zero-order valence-electron chi connectivity index (χ0n) is 14.1. The first kappa shape index (κ1) is 14.2. The molecule has 1 nitrogen and oxygen atoms in total. The molecule has 4 aromatic carbocycles. The molecule has 25 heavy (non-hydrogen) atoms. The minimum absolute atomic E-state index is 1.25. The molecule has 0 fully saturated rings. The van der Waals surface area contributed by atoms with Crippen LogP contribution < -0.4 is 4.57 Å². The zero-order valence-corrected chi connectivity index (χ0v) is 14.1. The molecular formula is C24H18N+. The molecule has 118 valence electrons. The molecule has 0 saturated heterocycles. The first-order chi connectivity index (χ1) is 12.3. The van der Waals surface area contributed by atoms with E-state index in [1.807, 2.05) is 0 Å². The summed E-state index contributed by atoms with van der Waals surface area (Å²) in [6.45, 7) is 0. The van der Waals surface area contributed by atoms with Crippen molar-refractivity contribution in [3.05, 3.63) is 91.0 Å². The van der Waals surface area contributed by atoms with Gasteiger partial charge in [-0.3, -0.25) is 0 Å². The van der Waals surface area contributed by atoms with E-state index in [4.69, 9.17) is 0 Å². The number of benzene rings is 4. The van der Waals surface area contributed by atoms with Gasteiger partial charge < -0.3 is 0 Å². The van der Waals surface area contributed by atoms with Gasteiger partial charge in [0.05, 0.1) is 10.8 Å². The highest BCUT2D eigenvalue weighted by Crippen LogP contribution is 2.35. The van der Waals surface area contributed by atoms with Crippen LogP contribution >= 0.6 is 0 Å². The fourth-order valence-corrected chi connectivity index (χ4v) is 3.87. The number of para-hydroxylation sites is 1. The maximum atomic E-state index is 2.33. The summed E-state index contributed by atoms with van der Waals surface area (Å²) < 4.78 is 2.31. The molecule has 0 radical (unpaired) electrons. The number of pyridine rings is 1. The number of rotatable bonds is 1. The average Bonchev–Trinajstić information content (AvgIpc) is 2.68. The van der Waals surface area contributed by atoms with Gasteiger partial charge in [0.15, 0.2) is 0 Å². The van der Waals surface area contributed by atoms with E-state index in [0.717, 1.165) is 0 Å². The molecule has 0 N–H and O–H groups in total. The molecule has 1 heteroatoms. The molecule has 0 atom stereocenters. The second-order valence-electron chi connectivity index (χ2n) is 6.53. The third-order valence-electron chi connectivity index (χ3n) is 5.09. The van der Waals surface area contributed by atoms with Crippen molar-refractivity contribution in [3.8, 4) is 11.1 Å². The lowest BCUT2D eigenvalue weighted by Gasteiger charge is -2.11. The summed E-state index contributed by atoms with van der Waals surface area (Å²) in [4.78, 5) is 0. The minimum Gasteiger partial charge on any atom is -0.194 e. The Morgan fingerprint density at radius 1 is 0.560 bits per heavy atom. The van der Waals surface area contributed by atoms with Gasteiger partial charge in [-0.05, 0) is 28.5 Å². The van der Waals surface area contributed by atoms with Crippen molar-refractivity contribution >= 4 is 32.6 Å². The van der Waals surface area contributed by atoms with Crippen LogP contribution in [0.1, 0.15) is 0 Å². The molecule has 0 aliphatic rings. The summed E-state index contributed by atoms with van der Waals surface area (Å²) in [5.41, 5.74) is 5.09. The zero-order chi connectivity index (χ0) is 16.8. The molecule has 1 aromatic heterocycles. The maximum Gasteiger partial charge on any atom is 0.214 e. The lowest BCUT2D eigenvalue weighted by atomic mass is 9.94. The Hall–Kier alpha value is -3.19. The summed E-state index contributed by atoms with van der Waals surface area (Å²) in [5, 5.41) is 5.15. The molecular weight excluding hydrogens is 302 g/mol. The van der Waals surface area contributed by atoms with Crippen molar-refractivity contribution in [1.82, 2.24) is 0 Å². The van der Waals surface area contributed by atoms with Gasteiger partial charge in [0.1, 0.15) is 7.05 Å². The highest BCUT2D eigenvalue weighted by atomic mass is 14.9. The van der Waals surface area contributed by atoms with Gasteiger partial charge in [0.2, 0.25) is 11.0 Å². The Morgan fingerprint density at radius 2 is 1.20 bits per heavy atom. The maximum absolute atomic E-state index is 2.33. The largest absolute Gasteiger partial charge is 0.214 e. The van der Waals surface area contributed by atoms with Crippen LogP contribution in [0, 0.1) is 0 Å². The SMILES string of the molecule is C[n+]1c2ccccc2c(-c2ccccc2)c2cc3ccccc3cc21. The monoisotopic (exact) mass is 320 g/mol. The van der Waals surface area contributed by atoms with E-state index in [9.17, 15) is 0 Å². The third-order valence-corrected chi connectivity index (χ3v) is 5.09. The molecule has 0 aliphatic carbocycles. The predicted molar refractivity (Wildman–Crippen MR) is 106 cm³/mol. The van der Waals surface area contributed by atoms with Crippen LogP contribution in [0.15, 0.2) is 91.0 Å². The first-order valence-corrected chi connectivity index (χ1v) is 8.61. The van der Waals surface area contributed by atoms with Gasteiger partial charge >= 0.3 is 0 Å². The standard InChI is InChI=1S/C24H18N/c1-25-22-14-8-7-13-20(22)24(17-9-3-2-4-10-17)21-15-18-11-5-6-12-19(18)16-23(21)25/h2-16H,1H3/q+1. The van der Waals surface area contributed by atoms with Crippen LogP contribution in [0.25, 0.3) is 43.7 Å². The number of hydrogen-bond donors (Lipinski definition) is 0. The quantitative estimate of drug-likeness (QED) is 0.278. The Bertz CT molecular complexity index is 1240. The van der Waals surface area contributed by atoms with E-state index in [1.165, 1.54) is 43.7 Å². The molecule has 0 saturated carbocycles. The second-order valence-corrected chi connectivity index (χ2v) is 6.53. The van der Waals surface area contributed by atoms with E-state index < -0.39 is 0 Å². The van der Waals surface area contributed by atoms with E-state index >= 15 is 0 Å². The summed E-state index contributed by atoms with van der Waals surface area (Å²) in [6.07, 6.45) is 0. The lowest BCUT2D eigenvalue weighted by molar-refractivity contribution is -0.617. The van der Waals surface area contributed by atoms with Gasteiger partial charge in [-0.15, -0.1) is 0 Å². The number of hydrogen-bond acceptors (Lipinski definition) is 0. The summed E-state index contributed by atoms with van der Waals surface area (Å²) in [5.74, 6) is 0. The van der Waals surface area contributed by atoms with Crippen LogP contribution in [0.5, 0.6) is 0 Å². The Labute approximate surface area is 146 Å². The highest BCUT2D eigenvalue weighted by Gasteiger charge is 2.19. The van der Waals surface area contributed by atoms with Crippen molar-refractivity contribution in [1.29, 1.82) is 0 Å². The fourth-order valence-electron chi connectivity index (χ4n) is 3.87. The molecule has 5 aromatic rings. The normalized spacial score (nSPS) is 11.4. The number of aryl methyl sites for hydroxylation is 1. The van der Waals surface area contributed by atoms with Crippen LogP contribution in [-0.2, 0) is 7.05 Å². The van der Waals surface area contributed by atoms with E-state index in [-0.39, 0.29) is 0 Å². The molecule has 0 amide bonds. The van der Waals surface area contributed by atoms with Crippen molar-refractivity contribution < 1.29 is 4.57 Å². The van der Waals surface area contributed by atoms with Crippen molar-refractivity contribution in [2.75, 3.05) is 0 Å². The predicted octanol–water partition coefficient (Wildman–Crippen LogP) is 5.64. The number of nitrogens with zero attached hydrogens (tertiary/aromatic N) is 1. The van der Waals surface area contributed by atoms with E-state index in [1.54, 1.807) is 0 Å². The topological polar surface area (TPSA) is 3.88 Å². The van der Waals surface area contributed by atoms with Crippen LogP contribution in [0.4, 0.5) is 0 Å². The van der Waals surface area contributed by atoms with Gasteiger partial charge in [0, 0.05) is 17.7 Å². The van der Waals surface area contributed by atoms with Crippen molar-refractivity contribution in [2.24, 2.45) is 7.05 Å². The van der Waals surface area contributed by atoms with Crippen LogP contribution in [0.2, 0.25) is 0 Å². The van der Waals surface area contributed by atoms with Gasteiger partial charge in [-0.1, -0.05) is 66.7 Å². The molecule has 0 bridgehead atoms. The number of aromatic nitrogens is 1. The fraction of sp³-hybridized carbons (Fsp3) is 0.0417. The third kappa shape index (κ3) is 2.13. The Kier molecular flexibility index (Phi) is 3.07. The van der Waals surface area contributed by atoms with Gasteiger partial charge in [-0.25, -0.2) is 0 Å². The van der Waals surface area contributed by atoms with Crippen LogP contribution in [0.3, 0.4) is 0 Å². The first-order valence-electron chi connectivity index (χ1n) is 8.61. The van der Waals surface area contributed by atoms with Crippen molar-refractivity contribution in [3.63, 3.8) is 0 Å². The summed E-state index contributed by atoms with van der Waals surface area (Å²) in [7, 11) is 2.16. The number of fused-ring (bicyclic) bond motifs is 3. The average molecular weight is 320 g/mol. The van der Waals surface area contributed by atoms with E-state index in [2.05, 4.69) is 103 Å². The molecule has 0 unspecified atom stereocenters. The molecule has 0 aliphatic heterocycles. The summed E-state index contributed by atoms with van der Waals surface area (Å²) >= 11 is 0. The van der Waals surface area contributed by atoms with Crippen molar-refractivity contribution in [2.45, 2.75) is 0 Å². The smallest absolute Gasteiger partial charge is 0.194 e. The summed E-state index contributed by atoms with van der Waals surface area (Å²) in [6, 6.07) is 32.6. The van der Waals surface area contributed by atoms with E-state index in [0.29, 0.717) is 0 Å². The molecule has 5 rings (SSSR count).